The summed E-state index contributed by atoms with van der Waals surface area (Å²) in [6, 6.07) is -5.71. The molecular formula is C17H31N5O8. The monoisotopic (exact) mass is 433 g/mol. The highest BCUT2D eigenvalue weighted by atomic mass is 16.4. The van der Waals surface area contributed by atoms with Crippen molar-refractivity contribution in [1.82, 2.24) is 16.0 Å². The van der Waals surface area contributed by atoms with Crippen molar-refractivity contribution < 1.29 is 39.3 Å². The molecule has 0 aliphatic heterocycles. The summed E-state index contributed by atoms with van der Waals surface area (Å²) in [7, 11) is 0. The van der Waals surface area contributed by atoms with Crippen molar-refractivity contribution in [3.63, 3.8) is 0 Å². The van der Waals surface area contributed by atoms with Gasteiger partial charge < -0.3 is 42.7 Å². The van der Waals surface area contributed by atoms with Crippen LogP contribution < -0.4 is 27.4 Å². The maximum absolute atomic E-state index is 12.4. The lowest BCUT2D eigenvalue weighted by molar-refractivity contribution is -0.144. The maximum Gasteiger partial charge on any atom is 0.326 e. The zero-order chi connectivity index (χ0) is 23.6. The molecule has 30 heavy (non-hydrogen) atoms. The number of hydrogen-bond acceptors (Lipinski definition) is 8. The van der Waals surface area contributed by atoms with Crippen molar-refractivity contribution in [2.24, 2.45) is 17.4 Å². The van der Waals surface area contributed by atoms with E-state index in [4.69, 9.17) is 11.5 Å². The third kappa shape index (κ3) is 8.71. The Bertz CT molecular complexity index is 642. The van der Waals surface area contributed by atoms with E-state index >= 15 is 0 Å². The number of carbonyl (C=O) groups is 5. The topological polar surface area (TPSA) is 234 Å². The van der Waals surface area contributed by atoms with Gasteiger partial charge in [0.05, 0.1) is 25.2 Å². The lowest BCUT2D eigenvalue weighted by Gasteiger charge is -2.27. The molecule has 6 atom stereocenters. The van der Waals surface area contributed by atoms with Gasteiger partial charge in [-0.1, -0.05) is 20.3 Å². The first-order chi connectivity index (χ1) is 13.8. The summed E-state index contributed by atoms with van der Waals surface area (Å²) in [5, 5.41) is 35.0. The minimum absolute atomic E-state index is 0.423. The number of aliphatic hydroxyl groups excluding tert-OH is 2. The van der Waals surface area contributed by atoms with Crippen LogP contribution in [-0.2, 0) is 24.0 Å². The molecule has 0 saturated heterocycles. The molecule has 0 aromatic heterocycles. The Morgan fingerprint density at radius 1 is 0.933 bits per heavy atom. The van der Waals surface area contributed by atoms with E-state index in [-0.39, 0.29) is 0 Å². The van der Waals surface area contributed by atoms with Gasteiger partial charge in [-0.3, -0.25) is 19.2 Å². The molecule has 13 nitrogen and oxygen atoms in total. The molecule has 0 saturated carbocycles. The van der Waals surface area contributed by atoms with Gasteiger partial charge >= 0.3 is 5.97 Å². The fourth-order valence-electron chi connectivity index (χ4n) is 2.37. The quantitative estimate of drug-likeness (QED) is 0.142. The Balaban J connectivity index is 5.23. The highest BCUT2D eigenvalue weighted by Gasteiger charge is 2.33. The Labute approximate surface area is 173 Å². The first-order valence-corrected chi connectivity index (χ1v) is 9.32. The van der Waals surface area contributed by atoms with E-state index in [1.807, 2.05) is 0 Å². The number of carboxylic acids is 1. The maximum atomic E-state index is 12.4. The Morgan fingerprint density at radius 2 is 1.47 bits per heavy atom. The van der Waals surface area contributed by atoms with E-state index < -0.39 is 78.8 Å². The number of aliphatic hydroxyl groups is 2. The molecule has 4 amide bonds. The Kier molecular flexibility index (Phi) is 11.5. The molecule has 13 heteroatoms. The molecule has 0 aromatic carbocycles. The highest BCUT2D eigenvalue weighted by Crippen LogP contribution is 2.09. The normalized spacial score (nSPS) is 16.9. The van der Waals surface area contributed by atoms with Crippen molar-refractivity contribution in [3.05, 3.63) is 0 Å². The molecule has 172 valence electrons. The summed E-state index contributed by atoms with van der Waals surface area (Å²) in [4.78, 5) is 58.9. The van der Waals surface area contributed by atoms with Crippen LogP contribution in [0.15, 0.2) is 0 Å². The number of carboxylic acid groups (broad SMARTS) is 1. The van der Waals surface area contributed by atoms with Gasteiger partial charge in [-0.05, 0) is 12.8 Å². The van der Waals surface area contributed by atoms with Gasteiger partial charge in [-0.15, -0.1) is 0 Å². The molecule has 0 bridgehead atoms. The number of aliphatic carboxylic acids is 1. The van der Waals surface area contributed by atoms with Gasteiger partial charge in [0.1, 0.15) is 18.1 Å². The fourth-order valence-corrected chi connectivity index (χ4v) is 2.37. The molecule has 0 rings (SSSR count). The van der Waals surface area contributed by atoms with Crippen molar-refractivity contribution in [3.8, 4) is 0 Å². The highest BCUT2D eigenvalue weighted by molar-refractivity contribution is 5.95. The molecule has 0 heterocycles. The van der Waals surface area contributed by atoms with Gasteiger partial charge in [0, 0.05) is 0 Å². The van der Waals surface area contributed by atoms with Crippen molar-refractivity contribution >= 4 is 29.6 Å². The predicted octanol–water partition coefficient (Wildman–Crippen LogP) is -3.85. The van der Waals surface area contributed by atoms with Crippen LogP contribution in [0.5, 0.6) is 0 Å². The van der Waals surface area contributed by atoms with E-state index in [1.165, 1.54) is 6.92 Å². The van der Waals surface area contributed by atoms with Crippen molar-refractivity contribution in [2.75, 3.05) is 6.61 Å². The minimum Gasteiger partial charge on any atom is -0.480 e. The van der Waals surface area contributed by atoms with Crippen LogP contribution in [0.25, 0.3) is 0 Å². The first kappa shape index (κ1) is 27.2. The lowest BCUT2D eigenvalue weighted by Crippen LogP contribution is -2.61. The zero-order valence-electron chi connectivity index (χ0n) is 17.1. The second-order valence-corrected chi connectivity index (χ2v) is 6.96. The van der Waals surface area contributed by atoms with Crippen LogP contribution in [0.3, 0.4) is 0 Å². The number of primary amides is 1. The summed E-state index contributed by atoms with van der Waals surface area (Å²) < 4.78 is 0. The van der Waals surface area contributed by atoms with Gasteiger partial charge in [-0.2, -0.15) is 0 Å². The van der Waals surface area contributed by atoms with Gasteiger partial charge in [0.15, 0.2) is 0 Å². The Morgan fingerprint density at radius 3 is 1.87 bits per heavy atom. The number of carbonyl (C=O) groups excluding carboxylic acids is 4. The van der Waals surface area contributed by atoms with Crippen LogP contribution in [0.1, 0.15) is 33.6 Å². The third-order valence-electron chi connectivity index (χ3n) is 4.41. The average Bonchev–Trinajstić information content (AvgIpc) is 2.65. The van der Waals surface area contributed by atoms with Gasteiger partial charge in [-0.25, -0.2) is 4.79 Å². The molecular weight excluding hydrogens is 402 g/mol. The smallest absolute Gasteiger partial charge is 0.326 e. The van der Waals surface area contributed by atoms with Gasteiger partial charge in [0.25, 0.3) is 0 Å². The van der Waals surface area contributed by atoms with Crippen LogP contribution in [0.4, 0.5) is 0 Å². The molecule has 0 radical (unpaired) electrons. The summed E-state index contributed by atoms with van der Waals surface area (Å²) >= 11 is 0. The molecule has 0 aliphatic rings. The van der Waals surface area contributed by atoms with E-state index in [0.29, 0.717) is 6.42 Å². The summed E-state index contributed by atoms with van der Waals surface area (Å²) in [5.74, 6) is -5.48. The summed E-state index contributed by atoms with van der Waals surface area (Å²) in [6.07, 6.45) is -1.46. The third-order valence-corrected chi connectivity index (χ3v) is 4.41. The number of hydrogen-bond donors (Lipinski definition) is 8. The van der Waals surface area contributed by atoms with E-state index in [1.54, 1.807) is 13.8 Å². The predicted molar refractivity (Wildman–Crippen MR) is 103 cm³/mol. The molecule has 0 aliphatic carbocycles. The largest absolute Gasteiger partial charge is 0.480 e. The SMILES string of the molecule is CCC(C)C(NC(=O)C(NC(=O)C(CO)NC(=O)C(N)CC(N)=O)C(C)O)C(=O)O. The summed E-state index contributed by atoms with van der Waals surface area (Å²) in [6.45, 7) is 3.67. The minimum atomic E-state index is -1.56. The average molecular weight is 433 g/mol. The van der Waals surface area contributed by atoms with Crippen molar-refractivity contribution in [1.29, 1.82) is 0 Å². The van der Waals surface area contributed by atoms with Gasteiger partial charge in [0.2, 0.25) is 23.6 Å². The summed E-state index contributed by atoms with van der Waals surface area (Å²) in [5.41, 5.74) is 10.4. The number of nitrogens with one attached hydrogen (secondary N) is 3. The van der Waals surface area contributed by atoms with Crippen LogP contribution in [0, 0.1) is 5.92 Å². The number of nitrogens with two attached hydrogens (primary N) is 2. The molecule has 10 N–H and O–H groups in total. The molecule has 0 aromatic rings. The fraction of sp³-hybridized carbons (Fsp3) is 0.706. The van der Waals surface area contributed by atoms with E-state index in [9.17, 15) is 39.3 Å². The first-order valence-electron chi connectivity index (χ1n) is 9.32. The van der Waals surface area contributed by atoms with E-state index in [2.05, 4.69) is 16.0 Å². The number of amides is 4. The second kappa shape index (κ2) is 12.7. The number of rotatable bonds is 13. The second-order valence-electron chi connectivity index (χ2n) is 6.96. The lowest BCUT2D eigenvalue weighted by atomic mass is 9.98. The molecule has 0 fully saturated rings. The van der Waals surface area contributed by atoms with Crippen molar-refractivity contribution in [2.45, 2.75) is 63.9 Å². The Hall–Kier alpha value is -2.77. The zero-order valence-corrected chi connectivity index (χ0v) is 17.1. The standard InChI is InChI=1S/C17H31N5O8/c1-4-7(2)12(17(29)30)21-16(28)13(8(3)24)22-15(27)10(6-23)20-14(26)9(18)5-11(19)25/h7-10,12-13,23-24H,4-6,18H2,1-3H3,(H2,19,25)(H,20,26)(H,21,28)(H,22,27)(H,29,30). The molecule has 6 unspecified atom stereocenters. The van der Waals surface area contributed by atoms with Crippen LogP contribution in [0.2, 0.25) is 0 Å². The van der Waals surface area contributed by atoms with Crippen LogP contribution >= 0.6 is 0 Å². The molecule has 0 spiro atoms. The van der Waals surface area contributed by atoms with E-state index in [0.717, 1.165) is 0 Å². The van der Waals surface area contributed by atoms with Crippen LogP contribution in [-0.4, -0.2) is 81.8 Å².